The lowest BCUT2D eigenvalue weighted by atomic mass is 10.0. The minimum Gasteiger partial charge on any atom is -0.366 e. The van der Waals surface area contributed by atoms with Crippen molar-refractivity contribution in [3.63, 3.8) is 0 Å². The van der Waals surface area contributed by atoms with Crippen LogP contribution in [0.15, 0.2) is 30.5 Å². The van der Waals surface area contributed by atoms with E-state index in [1.54, 1.807) is 4.52 Å². The number of rotatable bonds is 3. The van der Waals surface area contributed by atoms with Crippen molar-refractivity contribution in [3.8, 4) is 0 Å². The number of nitrogens with zero attached hydrogens (tertiary/aromatic N) is 6. The van der Waals surface area contributed by atoms with Crippen LogP contribution in [0.4, 0.5) is 11.6 Å². The third kappa shape index (κ3) is 2.89. The Hall–Kier alpha value is -2.70. The lowest BCUT2D eigenvalue weighted by Gasteiger charge is -2.33. The zero-order chi connectivity index (χ0) is 16.5. The molecule has 1 fully saturated rings. The Morgan fingerprint density at radius 2 is 1.88 bits per heavy atom. The Morgan fingerprint density at radius 1 is 1.04 bits per heavy atom. The molecule has 7 heteroatoms. The third-order valence-corrected chi connectivity index (χ3v) is 4.49. The number of fused-ring (bicyclic) bond motifs is 1. The number of aryl methyl sites for hydroxylation is 2. The number of hydrogen-bond acceptors (Lipinski definition) is 6. The molecule has 0 bridgehead atoms. The SMILES string of the molecule is Cc1ccc(N2CCC(Nc3ccc4nnc(C)n4n3)CC2)nc1. The summed E-state index contributed by atoms with van der Waals surface area (Å²) in [6, 6.07) is 8.56. The fraction of sp³-hybridized carbons (Fsp3) is 0.412. The standard InChI is InChI=1S/C17H21N7/c1-12-3-5-16(18-11-12)23-9-7-14(8-10-23)19-15-4-6-17-21-20-13(2)24(17)22-15/h3-6,11,14H,7-10H2,1-2H3,(H,19,22). The van der Waals surface area contributed by atoms with Crippen LogP contribution in [0, 0.1) is 13.8 Å². The van der Waals surface area contributed by atoms with Crippen molar-refractivity contribution in [2.75, 3.05) is 23.3 Å². The molecule has 3 aromatic heterocycles. The zero-order valence-electron chi connectivity index (χ0n) is 14.0. The highest BCUT2D eigenvalue weighted by Gasteiger charge is 2.20. The minimum absolute atomic E-state index is 0.424. The molecule has 0 amide bonds. The first-order valence-corrected chi connectivity index (χ1v) is 8.32. The van der Waals surface area contributed by atoms with Crippen molar-refractivity contribution in [2.24, 2.45) is 0 Å². The van der Waals surface area contributed by atoms with Gasteiger partial charge in [0.05, 0.1) is 0 Å². The van der Waals surface area contributed by atoms with Crippen molar-refractivity contribution in [1.82, 2.24) is 24.8 Å². The summed E-state index contributed by atoms with van der Waals surface area (Å²) >= 11 is 0. The lowest BCUT2D eigenvalue weighted by Crippen LogP contribution is -2.39. The average molecular weight is 323 g/mol. The van der Waals surface area contributed by atoms with Gasteiger partial charge in [-0.2, -0.15) is 4.52 Å². The van der Waals surface area contributed by atoms with E-state index >= 15 is 0 Å². The van der Waals surface area contributed by atoms with Crippen LogP contribution in [0.2, 0.25) is 0 Å². The monoisotopic (exact) mass is 323 g/mol. The molecule has 0 unspecified atom stereocenters. The molecule has 1 aliphatic heterocycles. The van der Waals surface area contributed by atoms with Crippen molar-refractivity contribution in [2.45, 2.75) is 32.7 Å². The first-order chi connectivity index (χ1) is 11.7. The molecular formula is C17H21N7. The second kappa shape index (κ2) is 6.07. The number of piperidine rings is 1. The molecule has 124 valence electrons. The van der Waals surface area contributed by atoms with Crippen LogP contribution in [0.25, 0.3) is 5.65 Å². The van der Waals surface area contributed by atoms with Crippen molar-refractivity contribution >= 4 is 17.3 Å². The molecule has 1 aliphatic rings. The van der Waals surface area contributed by atoms with E-state index in [1.807, 2.05) is 25.3 Å². The number of hydrogen-bond donors (Lipinski definition) is 1. The second-order valence-corrected chi connectivity index (χ2v) is 6.34. The van der Waals surface area contributed by atoms with Gasteiger partial charge < -0.3 is 10.2 Å². The van der Waals surface area contributed by atoms with Crippen LogP contribution < -0.4 is 10.2 Å². The predicted molar refractivity (Wildman–Crippen MR) is 93.4 cm³/mol. The van der Waals surface area contributed by atoms with Crippen LogP contribution in [0.3, 0.4) is 0 Å². The van der Waals surface area contributed by atoms with Gasteiger partial charge in [0.1, 0.15) is 11.6 Å². The average Bonchev–Trinajstić information content (AvgIpc) is 2.97. The fourth-order valence-electron chi connectivity index (χ4n) is 3.08. The Labute approximate surface area is 140 Å². The zero-order valence-corrected chi connectivity index (χ0v) is 14.0. The lowest BCUT2D eigenvalue weighted by molar-refractivity contribution is 0.521. The van der Waals surface area contributed by atoms with Gasteiger partial charge >= 0.3 is 0 Å². The van der Waals surface area contributed by atoms with Gasteiger partial charge in [0, 0.05) is 25.3 Å². The van der Waals surface area contributed by atoms with E-state index < -0.39 is 0 Å². The number of nitrogens with one attached hydrogen (secondary N) is 1. The van der Waals surface area contributed by atoms with Gasteiger partial charge in [0.25, 0.3) is 0 Å². The number of aromatic nitrogens is 5. The first kappa shape index (κ1) is 14.9. The van der Waals surface area contributed by atoms with Gasteiger partial charge in [-0.05, 0) is 50.5 Å². The Morgan fingerprint density at radius 3 is 2.62 bits per heavy atom. The van der Waals surface area contributed by atoms with Crippen molar-refractivity contribution in [1.29, 1.82) is 0 Å². The Bertz CT molecular complexity index is 832. The van der Waals surface area contributed by atoms with Crippen LogP contribution in [-0.4, -0.2) is 43.9 Å². The van der Waals surface area contributed by atoms with E-state index in [4.69, 9.17) is 0 Å². The molecular weight excluding hydrogens is 302 g/mol. The maximum absolute atomic E-state index is 4.57. The highest BCUT2D eigenvalue weighted by Crippen LogP contribution is 2.20. The smallest absolute Gasteiger partial charge is 0.178 e. The molecule has 1 saturated heterocycles. The highest BCUT2D eigenvalue weighted by molar-refractivity contribution is 5.45. The largest absolute Gasteiger partial charge is 0.366 e. The second-order valence-electron chi connectivity index (χ2n) is 6.34. The van der Waals surface area contributed by atoms with Gasteiger partial charge in [0.15, 0.2) is 11.5 Å². The van der Waals surface area contributed by atoms with Gasteiger partial charge in [0.2, 0.25) is 0 Å². The molecule has 0 radical (unpaired) electrons. The molecule has 0 atom stereocenters. The molecule has 0 aliphatic carbocycles. The fourth-order valence-corrected chi connectivity index (χ4v) is 3.08. The molecule has 7 nitrogen and oxygen atoms in total. The maximum atomic E-state index is 4.57. The summed E-state index contributed by atoms with van der Waals surface area (Å²) in [6.45, 7) is 5.97. The molecule has 1 N–H and O–H groups in total. The normalized spacial score (nSPS) is 15.8. The highest BCUT2D eigenvalue weighted by atomic mass is 15.4. The van der Waals surface area contributed by atoms with E-state index in [9.17, 15) is 0 Å². The predicted octanol–water partition coefficient (Wildman–Crippen LogP) is 2.22. The Kier molecular flexibility index (Phi) is 3.76. The summed E-state index contributed by atoms with van der Waals surface area (Å²) < 4.78 is 1.77. The minimum atomic E-state index is 0.424. The molecule has 4 heterocycles. The molecule has 0 aromatic carbocycles. The topological polar surface area (TPSA) is 71.2 Å². The molecule has 4 rings (SSSR count). The quantitative estimate of drug-likeness (QED) is 0.797. The van der Waals surface area contributed by atoms with E-state index in [2.05, 4.69) is 49.6 Å². The van der Waals surface area contributed by atoms with Crippen LogP contribution in [0.5, 0.6) is 0 Å². The Balaban J connectivity index is 1.40. The van der Waals surface area contributed by atoms with Crippen molar-refractivity contribution < 1.29 is 0 Å². The van der Waals surface area contributed by atoms with Gasteiger partial charge in [-0.15, -0.1) is 15.3 Å². The van der Waals surface area contributed by atoms with Gasteiger partial charge in [-0.3, -0.25) is 0 Å². The third-order valence-electron chi connectivity index (χ3n) is 4.49. The van der Waals surface area contributed by atoms with E-state index in [0.29, 0.717) is 6.04 Å². The summed E-state index contributed by atoms with van der Waals surface area (Å²) in [5.74, 6) is 2.74. The molecule has 24 heavy (non-hydrogen) atoms. The first-order valence-electron chi connectivity index (χ1n) is 8.32. The molecule has 0 spiro atoms. The van der Waals surface area contributed by atoms with Crippen LogP contribution in [-0.2, 0) is 0 Å². The van der Waals surface area contributed by atoms with Crippen LogP contribution in [0.1, 0.15) is 24.2 Å². The summed E-state index contributed by atoms with van der Waals surface area (Å²) in [6.07, 6.45) is 4.06. The van der Waals surface area contributed by atoms with E-state index in [-0.39, 0.29) is 0 Å². The van der Waals surface area contributed by atoms with Gasteiger partial charge in [-0.1, -0.05) is 6.07 Å². The summed E-state index contributed by atoms with van der Waals surface area (Å²) in [5, 5.41) is 16.2. The molecule has 0 saturated carbocycles. The summed E-state index contributed by atoms with van der Waals surface area (Å²) in [7, 11) is 0. The number of anilines is 2. The van der Waals surface area contributed by atoms with Gasteiger partial charge in [-0.25, -0.2) is 4.98 Å². The van der Waals surface area contributed by atoms with E-state index in [0.717, 1.165) is 49.0 Å². The molecule has 3 aromatic rings. The summed E-state index contributed by atoms with van der Waals surface area (Å²) in [4.78, 5) is 6.87. The number of pyridine rings is 1. The maximum Gasteiger partial charge on any atom is 0.178 e. The van der Waals surface area contributed by atoms with Crippen molar-refractivity contribution in [3.05, 3.63) is 41.9 Å². The van der Waals surface area contributed by atoms with E-state index in [1.165, 1.54) is 5.56 Å². The van der Waals surface area contributed by atoms with Crippen LogP contribution >= 0.6 is 0 Å². The summed E-state index contributed by atoms with van der Waals surface area (Å²) in [5.41, 5.74) is 1.97.